The van der Waals surface area contributed by atoms with Gasteiger partial charge < -0.3 is 15.0 Å². The van der Waals surface area contributed by atoms with Crippen LogP contribution in [0.2, 0.25) is 5.02 Å². The summed E-state index contributed by atoms with van der Waals surface area (Å²) in [6.07, 6.45) is 0.187. The Morgan fingerprint density at radius 2 is 1.76 bits per heavy atom. The van der Waals surface area contributed by atoms with Crippen LogP contribution < -0.4 is 5.32 Å². The molecule has 3 aromatic rings. The van der Waals surface area contributed by atoms with Gasteiger partial charge in [0.05, 0.1) is 31.0 Å². The van der Waals surface area contributed by atoms with Crippen molar-refractivity contribution in [3.05, 3.63) is 75.6 Å². The second-order valence-corrected chi connectivity index (χ2v) is 8.58. The lowest BCUT2D eigenvalue weighted by atomic mass is 10.0. The number of nitrogens with one attached hydrogen (secondary N) is 1. The number of hydrogen-bond donors (Lipinski definition) is 1. The molecule has 0 aliphatic carbocycles. The summed E-state index contributed by atoms with van der Waals surface area (Å²) in [4.78, 5) is 27.7. The Morgan fingerprint density at radius 1 is 1.06 bits per heavy atom. The first kappa shape index (κ1) is 23.0. The summed E-state index contributed by atoms with van der Waals surface area (Å²) in [5.41, 5.74) is 5.45. The highest BCUT2D eigenvalue weighted by Gasteiger charge is 2.22. The number of benzene rings is 2. The lowest BCUT2D eigenvalue weighted by molar-refractivity contribution is -0.115. The zero-order chi connectivity index (χ0) is 23.5. The minimum absolute atomic E-state index is 0.0390. The van der Waals surface area contributed by atoms with Crippen molar-refractivity contribution in [2.75, 3.05) is 31.6 Å². The number of nitrogens with zero attached hydrogens (tertiary/aromatic N) is 3. The molecule has 1 aliphatic heterocycles. The molecule has 172 valence electrons. The topological polar surface area (TPSA) is 76.5 Å². The predicted molar refractivity (Wildman–Crippen MR) is 128 cm³/mol. The molecule has 2 amide bonds. The van der Waals surface area contributed by atoms with E-state index in [9.17, 15) is 9.59 Å². The van der Waals surface area contributed by atoms with E-state index in [1.54, 1.807) is 17.0 Å². The first-order chi connectivity index (χ1) is 15.8. The monoisotopic (exact) mass is 466 g/mol. The molecule has 0 spiro atoms. The van der Waals surface area contributed by atoms with Gasteiger partial charge in [0.15, 0.2) is 0 Å². The van der Waals surface area contributed by atoms with Crippen molar-refractivity contribution in [3.63, 3.8) is 0 Å². The highest BCUT2D eigenvalue weighted by molar-refractivity contribution is 6.30. The van der Waals surface area contributed by atoms with Crippen LogP contribution in [0, 0.1) is 20.8 Å². The van der Waals surface area contributed by atoms with Crippen LogP contribution in [-0.2, 0) is 16.0 Å². The van der Waals surface area contributed by atoms with Gasteiger partial charge in [0.1, 0.15) is 0 Å². The van der Waals surface area contributed by atoms with Gasteiger partial charge in [-0.25, -0.2) is 4.68 Å². The summed E-state index contributed by atoms with van der Waals surface area (Å²) in [7, 11) is 0. The van der Waals surface area contributed by atoms with Crippen molar-refractivity contribution in [1.82, 2.24) is 14.7 Å². The SMILES string of the molecule is Cc1nn(-c2ccc(Cl)cc2)c(C)c1CC(=O)Nc1cccc(C(=O)N2CCOCC2)c1C. The molecule has 2 heterocycles. The number of hydrogen-bond acceptors (Lipinski definition) is 4. The molecule has 0 saturated carbocycles. The summed E-state index contributed by atoms with van der Waals surface area (Å²) >= 11 is 6.00. The van der Waals surface area contributed by atoms with E-state index in [2.05, 4.69) is 10.4 Å². The van der Waals surface area contributed by atoms with Gasteiger partial charge in [-0.3, -0.25) is 9.59 Å². The standard InChI is InChI=1S/C25H27ClN4O3/c1-16-21(25(32)29-11-13-33-14-12-29)5-4-6-23(16)27-24(31)15-22-17(2)28-30(18(22)3)20-9-7-19(26)8-10-20/h4-10H,11-15H2,1-3H3,(H,27,31). The average molecular weight is 467 g/mol. The Kier molecular flexibility index (Phi) is 6.81. The van der Waals surface area contributed by atoms with Crippen LogP contribution in [0.1, 0.15) is 32.9 Å². The lowest BCUT2D eigenvalue weighted by Crippen LogP contribution is -2.41. The quantitative estimate of drug-likeness (QED) is 0.614. The fourth-order valence-corrected chi connectivity index (χ4v) is 4.18. The van der Waals surface area contributed by atoms with E-state index in [1.807, 2.05) is 55.8 Å². The van der Waals surface area contributed by atoms with Crippen molar-refractivity contribution in [1.29, 1.82) is 0 Å². The highest BCUT2D eigenvalue weighted by atomic mass is 35.5. The number of carbonyl (C=O) groups is 2. The summed E-state index contributed by atoms with van der Waals surface area (Å²) < 4.78 is 7.16. The van der Waals surface area contributed by atoms with E-state index in [-0.39, 0.29) is 18.2 Å². The van der Waals surface area contributed by atoms with Crippen LogP contribution in [0.4, 0.5) is 5.69 Å². The summed E-state index contributed by atoms with van der Waals surface area (Å²) in [6, 6.07) is 12.8. The number of halogens is 1. The minimum Gasteiger partial charge on any atom is -0.378 e. The maximum atomic E-state index is 12.9. The third-order valence-electron chi connectivity index (χ3n) is 5.99. The summed E-state index contributed by atoms with van der Waals surface area (Å²) in [5.74, 6) is -0.196. The number of anilines is 1. The average Bonchev–Trinajstić information content (AvgIpc) is 3.09. The zero-order valence-electron chi connectivity index (χ0n) is 19.0. The molecular weight excluding hydrogens is 440 g/mol. The van der Waals surface area contributed by atoms with Crippen LogP contribution in [0.5, 0.6) is 0 Å². The zero-order valence-corrected chi connectivity index (χ0v) is 19.8. The smallest absolute Gasteiger partial charge is 0.254 e. The molecule has 1 fully saturated rings. The Bertz CT molecular complexity index is 1180. The first-order valence-electron chi connectivity index (χ1n) is 10.9. The van der Waals surface area contributed by atoms with E-state index >= 15 is 0 Å². The van der Waals surface area contributed by atoms with Crippen LogP contribution in [0.3, 0.4) is 0 Å². The molecule has 8 heteroatoms. The van der Waals surface area contributed by atoms with Gasteiger partial charge in [-0.15, -0.1) is 0 Å². The van der Waals surface area contributed by atoms with Crippen molar-refractivity contribution < 1.29 is 14.3 Å². The second-order valence-electron chi connectivity index (χ2n) is 8.15. The Morgan fingerprint density at radius 3 is 2.45 bits per heavy atom. The van der Waals surface area contributed by atoms with E-state index in [0.29, 0.717) is 42.6 Å². The van der Waals surface area contributed by atoms with Gasteiger partial charge in [-0.1, -0.05) is 17.7 Å². The molecule has 1 N–H and O–H groups in total. The number of aryl methyl sites for hydroxylation is 1. The molecule has 33 heavy (non-hydrogen) atoms. The highest BCUT2D eigenvalue weighted by Crippen LogP contribution is 2.23. The number of aromatic nitrogens is 2. The lowest BCUT2D eigenvalue weighted by Gasteiger charge is -2.27. The van der Waals surface area contributed by atoms with Crippen LogP contribution in [0.15, 0.2) is 42.5 Å². The molecule has 0 unspecified atom stereocenters. The Labute approximate surface area is 198 Å². The summed E-state index contributed by atoms with van der Waals surface area (Å²) in [5, 5.41) is 8.25. The normalized spacial score (nSPS) is 13.8. The largest absolute Gasteiger partial charge is 0.378 e. The van der Waals surface area contributed by atoms with E-state index in [4.69, 9.17) is 16.3 Å². The molecule has 2 aromatic carbocycles. The summed E-state index contributed by atoms with van der Waals surface area (Å²) in [6.45, 7) is 7.95. The van der Waals surface area contributed by atoms with Gasteiger partial charge in [-0.2, -0.15) is 5.10 Å². The fourth-order valence-electron chi connectivity index (χ4n) is 4.06. The maximum Gasteiger partial charge on any atom is 0.254 e. The van der Waals surface area contributed by atoms with Gasteiger partial charge in [-0.05, 0) is 62.7 Å². The van der Waals surface area contributed by atoms with Crippen molar-refractivity contribution >= 4 is 29.1 Å². The fraction of sp³-hybridized carbons (Fsp3) is 0.320. The van der Waals surface area contributed by atoms with Crippen molar-refractivity contribution in [2.45, 2.75) is 27.2 Å². The molecular formula is C25H27ClN4O3. The van der Waals surface area contributed by atoms with Crippen LogP contribution in [-0.4, -0.2) is 52.8 Å². The number of rotatable bonds is 5. The number of ether oxygens (including phenoxy) is 1. The molecule has 0 radical (unpaired) electrons. The van der Waals surface area contributed by atoms with Gasteiger partial charge in [0.2, 0.25) is 5.91 Å². The predicted octanol–water partition coefficient (Wildman–Crippen LogP) is 4.10. The minimum atomic E-state index is -0.157. The van der Waals surface area contributed by atoms with Gasteiger partial charge in [0.25, 0.3) is 5.91 Å². The molecule has 1 saturated heterocycles. The van der Waals surface area contributed by atoms with Crippen LogP contribution in [0.25, 0.3) is 5.69 Å². The van der Waals surface area contributed by atoms with E-state index in [1.165, 1.54) is 0 Å². The van der Waals surface area contributed by atoms with Crippen molar-refractivity contribution in [2.24, 2.45) is 0 Å². The number of morpholine rings is 1. The molecule has 0 bridgehead atoms. The Balaban J connectivity index is 1.50. The Hall–Kier alpha value is -3.16. The van der Waals surface area contributed by atoms with Gasteiger partial charge >= 0.3 is 0 Å². The second kappa shape index (κ2) is 9.77. The maximum absolute atomic E-state index is 12.9. The van der Waals surface area contributed by atoms with Crippen molar-refractivity contribution in [3.8, 4) is 5.69 Å². The van der Waals surface area contributed by atoms with E-state index < -0.39 is 0 Å². The third kappa shape index (κ3) is 4.94. The van der Waals surface area contributed by atoms with E-state index in [0.717, 1.165) is 28.2 Å². The number of carbonyl (C=O) groups excluding carboxylic acids is 2. The molecule has 0 atom stereocenters. The van der Waals surface area contributed by atoms with Crippen LogP contribution >= 0.6 is 11.6 Å². The molecule has 7 nitrogen and oxygen atoms in total. The number of amides is 2. The molecule has 1 aliphatic rings. The third-order valence-corrected chi connectivity index (χ3v) is 6.24. The molecule has 4 rings (SSSR count). The van der Waals surface area contributed by atoms with Gasteiger partial charge in [0, 0.05) is 40.6 Å². The molecule has 1 aromatic heterocycles. The first-order valence-corrected chi connectivity index (χ1v) is 11.3.